The van der Waals surface area contributed by atoms with E-state index in [1.807, 2.05) is 24.0 Å². The number of carboxylic acids is 1. The Morgan fingerprint density at radius 1 is 1.35 bits per heavy atom. The fraction of sp³-hybridized carbons (Fsp3) is 0.524. The summed E-state index contributed by atoms with van der Waals surface area (Å²) in [5.74, 6) is -0.116. The molecule has 0 bridgehead atoms. The maximum Gasteiger partial charge on any atom is 0.314 e. The molecule has 26 heavy (non-hydrogen) atoms. The molecule has 0 saturated carbocycles. The van der Waals surface area contributed by atoms with E-state index in [0.717, 1.165) is 35.1 Å². The number of pyridine rings is 1. The minimum absolute atomic E-state index is 0.294. The van der Waals surface area contributed by atoms with Gasteiger partial charge < -0.3 is 15.1 Å². The second-order valence-electron chi connectivity index (χ2n) is 7.44. The number of anilines is 1. The average molecular weight is 356 g/mol. The van der Waals surface area contributed by atoms with Crippen molar-refractivity contribution >= 4 is 22.7 Å². The van der Waals surface area contributed by atoms with Gasteiger partial charge in [-0.3, -0.25) is 4.79 Å². The van der Waals surface area contributed by atoms with Crippen LogP contribution in [0.1, 0.15) is 44.2 Å². The summed E-state index contributed by atoms with van der Waals surface area (Å²) in [4.78, 5) is 18.8. The van der Waals surface area contributed by atoms with Crippen molar-refractivity contribution in [1.29, 1.82) is 0 Å². The predicted molar refractivity (Wildman–Crippen MR) is 104 cm³/mol. The molecule has 1 aromatic carbocycles. The van der Waals surface area contributed by atoms with Gasteiger partial charge in [-0.15, -0.1) is 0 Å². The number of hydrogen-bond donors (Lipinski definition) is 2. The Labute approximate surface area is 154 Å². The number of hydrogen-bond acceptors (Lipinski definition) is 4. The summed E-state index contributed by atoms with van der Waals surface area (Å²) in [7, 11) is 0. The fourth-order valence-corrected chi connectivity index (χ4v) is 4.09. The number of aromatic nitrogens is 1. The van der Waals surface area contributed by atoms with Crippen LogP contribution in [0.4, 0.5) is 5.82 Å². The molecule has 1 aliphatic heterocycles. The van der Waals surface area contributed by atoms with Crippen molar-refractivity contribution in [1.82, 2.24) is 4.98 Å². The van der Waals surface area contributed by atoms with Crippen LogP contribution in [-0.4, -0.2) is 40.4 Å². The molecule has 1 aromatic heterocycles. The van der Waals surface area contributed by atoms with Gasteiger partial charge in [0.2, 0.25) is 0 Å². The monoisotopic (exact) mass is 356 g/mol. The minimum Gasteiger partial charge on any atom is -0.481 e. The molecule has 2 atom stereocenters. The highest BCUT2D eigenvalue weighted by molar-refractivity contribution is 5.85. The number of nitrogens with zero attached hydrogens (tertiary/aromatic N) is 2. The van der Waals surface area contributed by atoms with Crippen LogP contribution < -0.4 is 4.90 Å². The third-order valence-corrected chi connectivity index (χ3v) is 5.70. The van der Waals surface area contributed by atoms with Gasteiger partial charge in [-0.05, 0) is 55.5 Å². The molecule has 0 unspecified atom stereocenters. The van der Waals surface area contributed by atoms with Crippen molar-refractivity contribution in [3.63, 3.8) is 0 Å². The molecule has 0 aliphatic carbocycles. The number of aryl methyl sites for hydroxylation is 2. The lowest BCUT2D eigenvalue weighted by Crippen LogP contribution is -2.56. The topological polar surface area (TPSA) is 73.7 Å². The van der Waals surface area contributed by atoms with E-state index in [-0.39, 0.29) is 0 Å². The van der Waals surface area contributed by atoms with E-state index in [1.165, 1.54) is 5.56 Å². The number of benzene rings is 1. The van der Waals surface area contributed by atoms with E-state index in [4.69, 9.17) is 4.98 Å². The standard InChI is InChI=1S/C21H28N2O3/c1-4-9-21(20(25)26)13-23(10-8-18(21)24)19-11-14(3)16-12-15(5-2)6-7-17(16)22-19/h6-7,11-12,18,24H,4-5,8-10,13H2,1-3H3,(H,25,26)/t18-,21-/m0/s1. The molecule has 2 heterocycles. The fourth-order valence-electron chi connectivity index (χ4n) is 4.09. The maximum absolute atomic E-state index is 12.0. The summed E-state index contributed by atoms with van der Waals surface area (Å²) in [5.41, 5.74) is 2.23. The highest BCUT2D eigenvalue weighted by Crippen LogP contribution is 2.37. The molecule has 0 radical (unpaired) electrons. The highest BCUT2D eigenvalue weighted by atomic mass is 16.4. The number of carboxylic acid groups (broad SMARTS) is 1. The molecule has 140 valence electrons. The second-order valence-corrected chi connectivity index (χ2v) is 7.44. The van der Waals surface area contributed by atoms with E-state index in [1.54, 1.807) is 0 Å². The normalized spacial score (nSPS) is 23.4. The lowest BCUT2D eigenvalue weighted by Gasteiger charge is -2.44. The summed E-state index contributed by atoms with van der Waals surface area (Å²) >= 11 is 0. The average Bonchev–Trinajstić information content (AvgIpc) is 2.63. The number of aliphatic hydroxyl groups is 1. The molecule has 5 heteroatoms. The number of carbonyl (C=O) groups is 1. The van der Waals surface area contributed by atoms with Crippen molar-refractivity contribution in [3.8, 4) is 0 Å². The number of aliphatic hydroxyl groups excluding tert-OH is 1. The Bertz CT molecular complexity index is 820. The SMILES string of the molecule is CCC[C@]1(C(=O)O)CN(c2cc(C)c3cc(CC)ccc3n2)CC[C@@H]1O. The van der Waals surface area contributed by atoms with Crippen LogP contribution in [0.2, 0.25) is 0 Å². The number of aliphatic carboxylic acids is 1. The van der Waals surface area contributed by atoms with E-state index in [2.05, 4.69) is 26.0 Å². The van der Waals surface area contributed by atoms with Crippen molar-refractivity contribution < 1.29 is 15.0 Å². The van der Waals surface area contributed by atoms with Crippen LogP contribution in [0.5, 0.6) is 0 Å². The zero-order valence-electron chi connectivity index (χ0n) is 15.8. The number of fused-ring (bicyclic) bond motifs is 1. The zero-order chi connectivity index (χ0) is 18.9. The molecule has 2 N–H and O–H groups in total. The number of rotatable bonds is 5. The summed E-state index contributed by atoms with van der Waals surface area (Å²) in [5, 5.41) is 21.4. The van der Waals surface area contributed by atoms with Gasteiger partial charge in [-0.25, -0.2) is 4.98 Å². The Morgan fingerprint density at radius 3 is 2.77 bits per heavy atom. The molecule has 0 amide bonds. The summed E-state index contributed by atoms with van der Waals surface area (Å²) in [6, 6.07) is 8.36. The van der Waals surface area contributed by atoms with Crippen LogP contribution in [-0.2, 0) is 11.2 Å². The Hall–Kier alpha value is -2.14. The third-order valence-electron chi connectivity index (χ3n) is 5.70. The summed E-state index contributed by atoms with van der Waals surface area (Å²) < 4.78 is 0. The van der Waals surface area contributed by atoms with Gasteiger partial charge in [0.15, 0.2) is 0 Å². The molecular weight excluding hydrogens is 328 g/mol. The van der Waals surface area contributed by atoms with Crippen LogP contribution >= 0.6 is 0 Å². The first-order valence-electron chi connectivity index (χ1n) is 9.48. The van der Waals surface area contributed by atoms with Crippen molar-refractivity contribution in [2.24, 2.45) is 5.41 Å². The summed E-state index contributed by atoms with van der Waals surface area (Å²) in [6.07, 6.45) is 1.80. The molecule has 3 rings (SSSR count). The Morgan fingerprint density at radius 2 is 2.12 bits per heavy atom. The maximum atomic E-state index is 12.0. The van der Waals surface area contributed by atoms with E-state index < -0.39 is 17.5 Å². The highest BCUT2D eigenvalue weighted by Gasteiger charge is 2.48. The third kappa shape index (κ3) is 3.16. The van der Waals surface area contributed by atoms with E-state index >= 15 is 0 Å². The largest absolute Gasteiger partial charge is 0.481 e. The molecule has 2 aromatic rings. The van der Waals surface area contributed by atoms with Crippen LogP contribution in [0.25, 0.3) is 10.9 Å². The first kappa shape index (κ1) is 18.6. The van der Waals surface area contributed by atoms with Crippen LogP contribution in [0.15, 0.2) is 24.3 Å². The van der Waals surface area contributed by atoms with E-state index in [9.17, 15) is 15.0 Å². The zero-order valence-corrected chi connectivity index (χ0v) is 15.8. The first-order chi connectivity index (χ1) is 12.4. The smallest absolute Gasteiger partial charge is 0.314 e. The lowest BCUT2D eigenvalue weighted by molar-refractivity contribution is -0.158. The van der Waals surface area contributed by atoms with Crippen LogP contribution in [0.3, 0.4) is 0 Å². The van der Waals surface area contributed by atoms with Gasteiger partial charge in [0, 0.05) is 18.5 Å². The van der Waals surface area contributed by atoms with Gasteiger partial charge >= 0.3 is 5.97 Å². The first-order valence-corrected chi connectivity index (χ1v) is 9.48. The van der Waals surface area contributed by atoms with Gasteiger partial charge in [0.05, 0.1) is 11.6 Å². The van der Waals surface area contributed by atoms with E-state index in [0.29, 0.717) is 25.9 Å². The Balaban J connectivity index is 1.99. The lowest BCUT2D eigenvalue weighted by atomic mass is 9.74. The van der Waals surface area contributed by atoms with Gasteiger partial charge in [-0.1, -0.05) is 26.3 Å². The quantitative estimate of drug-likeness (QED) is 0.857. The molecule has 0 spiro atoms. The summed E-state index contributed by atoms with van der Waals surface area (Å²) in [6.45, 7) is 7.08. The number of piperidine rings is 1. The van der Waals surface area contributed by atoms with Gasteiger partial charge in [-0.2, -0.15) is 0 Å². The van der Waals surface area contributed by atoms with Crippen molar-refractivity contribution in [2.45, 2.75) is 52.6 Å². The molecular formula is C21H28N2O3. The molecule has 1 fully saturated rings. The van der Waals surface area contributed by atoms with Gasteiger partial charge in [0.1, 0.15) is 11.2 Å². The molecule has 5 nitrogen and oxygen atoms in total. The minimum atomic E-state index is -1.12. The Kier molecular flexibility index (Phi) is 5.19. The van der Waals surface area contributed by atoms with Crippen LogP contribution in [0, 0.1) is 12.3 Å². The van der Waals surface area contributed by atoms with Crippen molar-refractivity contribution in [3.05, 3.63) is 35.4 Å². The second kappa shape index (κ2) is 7.23. The van der Waals surface area contributed by atoms with Crippen molar-refractivity contribution in [2.75, 3.05) is 18.0 Å². The molecule has 1 aliphatic rings. The predicted octanol–water partition coefficient (Wildman–Crippen LogP) is 3.55. The molecule has 1 saturated heterocycles. The van der Waals surface area contributed by atoms with Gasteiger partial charge in [0.25, 0.3) is 0 Å².